The first-order chi connectivity index (χ1) is 14.6. The van der Waals surface area contributed by atoms with Crippen molar-refractivity contribution in [3.05, 3.63) is 63.2 Å². The molecule has 2 aromatic carbocycles. The molecule has 0 aliphatic carbocycles. The summed E-state index contributed by atoms with van der Waals surface area (Å²) in [4.78, 5) is 22.1. The van der Waals surface area contributed by atoms with E-state index < -0.39 is 33.9 Å². The smallest absolute Gasteiger partial charge is 0.325 e. The quantitative estimate of drug-likeness (QED) is 0.342. The lowest BCUT2D eigenvalue weighted by Gasteiger charge is -2.13. The number of thioether (sulfide) groups is 1. The summed E-state index contributed by atoms with van der Waals surface area (Å²) in [6.45, 7) is 3.81. The van der Waals surface area contributed by atoms with Crippen LogP contribution in [0.4, 0.5) is 24.5 Å². The number of anilines is 1. The molecule has 0 saturated carbocycles. The first kappa shape index (κ1) is 22.2. The molecule has 0 bridgehead atoms. The van der Waals surface area contributed by atoms with Gasteiger partial charge in [-0.2, -0.15) is 17.9 Å². The van der Waals surface area contributed by atoms with E-state index in [9.17, 15) is 28.1 Å². The van der Waals surface area contributed by atoms with Gasteiger partial charge >= 0.3 is 6.18 Å². The number of aromatic nitrogens is 4. The van der Waals surface area contributed by atoms with E-state index >= 15 is 0 Å². The number of rotatable bonds is 6. The second-order valence-corrected chi connectivity index (χ2v) is 7.43. The summed E-state index contributed by atoms with van der Waals surface area (Å²) in [6, 6.07) is 7.74. The lowest BCUT2D eigenvalue weighted by atomic mass is 10.1. The number of carbonyl (C=O) groups is 1. The summed E-state index contributed by atoms with van der Waals surface area (Å²) in [5.74, 6) is -1.03. The number of carbonyl (C=O) groups excluding carboxylic acids is 1. The Hall–Kier alpha value is -3.48. The van der Waals surface area contributed by atoms with Gasteiger partial charge in [-0.05, 0) is 42.0 Å². The molecule has 13 heteroatoms. The van der Waals surface area contributed by atoms with Crippen LogP contribution in [0, 0.1) is 24.0 Å². The molecule has 0 aliphatic rings. The zero-order valence-electron chi connectivity index (χ0n) is 16.2. The van der Waals surface area contributed by atoms with Gasteiger partial charge in [0.05, 0.1) is 27.6 Å². The third-order valence-corrected chi connectivity index (χ3v) is 5.07. The fraction of sp³-hybridized carbons (Fsp3) is 0.222. The molecule has 0 atom stereocenters. The minimum Gasteiger partial charge on any atom is -0.325 e. The first-order valence-corrected chi connectivity index (χ1v) is 9.69. The van der Waals surface area contributed by atoms with Crippen molar-refractivity contribution in [1.82, 2.24) is 20.2 Å². The van der Waals surface area contributed by atoms with Gasteiger partial charge in [0.2, 0.25) is 11.1 Å². The monoisotopic (exact) mass is 452 g/mol. The Morgan fingerprint density at radius 2 is 1.97 bits per heavy atom. The van der Waals surface area contributed by atoms with Crippen molar-refractivity contribution in [2.24, 2.45) is 0 Å². The Morgan fingerprint density at radius 1 is 1.23 bits per heavy atom. The molecule has 31 heavy (non-hydrogen) atoms. The van der Waals surface area contributed by atoms with Crippen LogP contribution in [-0.4, -0.2) is 36.8 Å². The Labute approximate surface area is 177 Å². The molecule has 1 heterocycles. The molecule has 1 amide bonds. The summed E-state index contributed by atoms with van der Waals surface area (Å²) in [5.41, 5.74) is 0.0455. The van der Waals surface area contributed by atoms with Gasteiger partial charge in [-0.1, -0.05) is 29.5 Å². The predicted molar refractivity (Wildman–Crippen MR) is 106 cm³/mol. The molecule has 0 fully saturated rings. The Balaban J connectivity index is 1.75. The van der Waals surface area contributed by atoms with E-state index in [2.05, 4.69) is 20.8 Å². The van der Waals surface area contributed by atoms with E-state index in [0.29, 0.717) is 11.8 Å². The van der Waals surface area contributed by atoms with Crippen LogP contribution >= 0.6 is 11.8 Å². The number of nitrogens with one attached hydrogen (secondary N) is 1. The summed E-state index contributed by atoms with van der Waals surface area (Å²) >= 11 is 0.936. The summed E-state index contributed by atoms with van der Waals surface area (Å²) < 4.78 is 41.2. The summed E-state index contributed by atoms with van der Waals surface area (Å²) in [6.07, 6.45) is -4.88. The van der Waals surface area contributed by atoms with Gasteiger partial charge in [0.25, 0.3) is 5.69 Å². The molecule has 0 radical (unpaired) electrons. The number of hydrogen-bond donors (Lipinski definition) is 1. The number of tetrazole rings is 1. The van der Waals surface area contributed by atoms with Crippen LogP contribution in [0.5, 0.6) is 0 Å². The number of nitrogens with zero attached hydrogens (tertiary/aromatic N) is 5. The fourth-order valence-corrected chi connectivity index (χ4v) is 3.45. The second kappa shape index (κ2) is 8.71. The normalized spacial score (nSPS) is 11.4. The van der Waals surface area contributed by atoms with Crippen molar-refractivity contribution in [3.63, 3.8) is 0 Å². The lowest BCUT2D eigenvalue weighted by Crippen LogP contribution is -2.18. The van der Waals surface area contributed by atoms with E-state index in [-0.39, 0.29) is 10.9 Å². The highest BCUT2D eigenvalue weighted by Gasteiger charge is 2.35. The number of non-ortho nitro benzene ring substituents is 1. The maximum absolute atomic E-state index is 13.2. The highest BCUT2D eigenvalue weighted by atomic mass is 32.2. The number of nitro benzene ring substituents is 1. The van der Waals surface area contributed by atoms with E-state index in [1.807, 2.05) is 32.0 Å². The minimum atomic E-state index is -4.88. The Bertz CT molecular complexity index is 1150. The van der Waals surface area contributed by atoms with Crippen LogP contribution in [0.15, 0.2) is 41.6 Å². The van der Waals surface area contributed by atoms with Crippen LogP contribution in [0.2, 0.25) is 0 Å². The van der Waals surface area contributed by atoms with Crippen molar-refractivity contribution in [2.45, 2.75) is 25.2 Å². The molecule has 0 saturated heterocycles. The van der Waals surface area contributed by atoms with Crippen LogP contribution in [0.3, 0.4) is 0 Å². The van der Waals surface area contributed by atoms with Crippen molar-refractivity contribution in [1.29, 1.82) is 0 Å². The van der Waals surface area contributed by atoms with Crippen molar-refractivity contribution in [2.75, 3.05) is 11.1 Å². The largest absolute Gasteiger partial charge is 0.418 e. The molecule has 1 N–H and O–H groups in total. The summed E-state index contributed by atoms with van der Waals surface area (Å²) in [5, 5.41) is 24.5. The van der Waals surface area contributed by atoms with Crippen molar-refractivity contribution < 1.29 is 22.9 Å². The van der Waals surface area contributed by atoms with E-state index in [4.69, 9.17) is 0 Å². The third-order valence-electron chi connectivity index (χ3n) is 4.15. The molecule has 3 rings (SSSR count). The third kappa shape index (κ3) is 5.17. The number of nitro groups is 1. The first-order valence-electron chi connectivity index (χ1n) is 8.70. The molecule has 0 unspecified atom stereocenters. The van der Waals surface area contributed by atoms with Crippen LogP contribution < -0.4 is 5.32 Å². The molecule has 1 aromatic heterocycles. The average molecular weight is 452 g/mol. The number of hydrogen-bond acceptors (Lipinski definition) is 7. The van der Waals surface area contributed by atoms with Gasteiger partial charge in [0, 0.05) is 12.1 Å². The molecule has 9 nitrogen and oxygen atoms in total. The molecule has 0 spiro atoms. The van der Waals surface area contributed by atoms with E-state index in [0.717, 1.165) is 35.0 Å². The lowest BCUT2D eigenvalue weighted by molar-refractivity contribution is -0.385. The van der Waals surface area contributed by atoms with Gasteiger partial charge in [-0.15, -0.1) is 5.10 Å². The zero-order valence-corrected chi connectivity index (χ0v) is 17.0. The van der Waals surface area contributed by atoms with Crippen LogP contribution in [0.1, 0.15) is 16.7 Å². The standard InChI is InChI=1S/C18H15F3N6O3S/c1-10-3-6-15(11(2)7-10)26-17(23-24-25-26)31-9-16(28)22-14-5-4-12(27(29)30)8-13(14)18(19,20)21/h3-8H,9H2,1-2H3,(H,22,28). The minimum absolute atomic E-state index is 0.278. The van der Waals surface area contributed by atoms with Gasteiger partial charge in [-0.25, -0.2) is 0 Å². The van der Waals surface area contributed by atoms with Crippen molar-refractivity contribution in [3.8, 4) is 5.69 Å². The highest BCUT2D eigenvalue weighted by Crippen LogP contribution is 2.37. The second-order valence-electron chi connectivity index (χ2n) is 6.48. The molecular formula is C18H15F3N6O3S. The van der Waals surface area contributed by atoms with Gasteiger partial charge in [0.15, 0.2) is 0 Å². The molecular weight excluding hydrogens is 437 g/mol. The van der Waals surface area contributed by atoms with Crippen LogP contribution in [0.25, 0.3) is 5.69 Å². The van der Waals surface area contributed by atoms with Crippen LogP contribution in [-0.2, 0) is 11.0 Å². The van der Waals surface area contributed by atoms with E-state index in [1.54, 1.807) is 0 Å². The highest BCUT2D eigenvalue weighted by molar-refractivity contribution is 7.99. The Kier molecular flexibility index (Phi) is 6.24. The van der Waals surface area contributed by atoms with Gasteiger partial charge in [0.1, 0.15) is 0 Å². The fourth-order valence-electron chi connectivity index (χ4n) is 2.77. The predicted octanol–water partition coefficient (Wildman–Crippen LogP) is 3.94. The molecule has 162 valence electrons. The Morgan fingerprint density at radius 3 is 2.61 bits per heavy atom. The van der Waals surface area contributed by atoms with Gasteiger partial charge in [-0.3, -0.25) is 14.9 Å². The van der Waals surface area contributed by atoms with Gasteiger partial charge < -0.3 is 5.32 Å². The topological polar surface area (TPSA) is 116 Å². The number of amides is 1. The zero-order chi connectivity index (χ0) is 22.8. The number of benzene rings is 2. The number of halogens is 3. The summed E-state index contributed by atoms with van der Waals surface area (Å²) in [7, 11) is 0. The van der Waals surface area contributed by atoms with Crippen molar-refractivity contribution >= 4 is 29.0 Å². The molecule has 0 aliphatic heterocycles. The SMILES string of the molecule is Cc1ccc(-n2nnnc2SCC(=O)Nc2ccc([N+](=O)[O-])cc2C(F)(F)F)c(C)c1. The average Bonchev–Trinajstić information content (AvgIpc) is 3.14. The molecule has 3 aromatic rings. The maximum atomic E-state index is 13.2. The van der Waals surface area contributed by atoms with E-state index in [1.165, 1.54) is 4.68 Å². The number of aryl methyl sites for hydroxylation is 2. The maximum Gasteiger partial charge on any atom is 0.418 e. The number of alkyl halides is 3.